The third kappa shape index (κ3) is 3.58. The molecule has 0 bridgehead atoms. The molecule has 0 saturated heterocycles. The number of hydrogen-bond donors (Lipinski definition) is 1. The number of anilines is 1. The number of para-hydroxylation sites is 1. The van der Waals surface area contributed by atoms with Crippen molar-refractivity contribution in [2.24, 2.45) is 0 Å². The average Bonchev–Trinajstić information content (AvgIpc) is 2.91. The van der Waals surface area contributed by atoms with Crippen molar-refractivity contribution in [2.45, 2.75) is 20.4 Å². The number of amides is 1. The second kappa shape index (κ2) is 7.62. The van der Waals surface area contributed by atoms with Crippen molar-refractivity contribution < 1.29 is 9.53 Å². The highest BCUT2D eigenvalue weighted by Gasteiger charge is 2.18. The lowest BCUT2D eigenvalue weighted by Gasteiger charge is -2.10. The molecule has 1 N–H and O–H groups in total. The fraction of sp³-hybridized carbons (Fsp3) is 0.200. The van der Waals surface area contributed by atoms with E-state index in [0.717, 1.165) is 17.0 Å². The van der Waals surface area contributed by atoms with Gasteiger partial charge in [-0.2, -0.15) is 5.10 Å². The summed E-state index contributed by atoms with van der Waals surface area (Å²) in [6.07, 6.45) is 0. The van der Waals surface area contributed by atoms with E-state index in [0.29, 0.717) is 28.6 Å². The van der Waals surface area contributed by atoms with Crippen LogP contribution in [0.25, 0.3) is 0 Å². The molecule has 0 atom stereocenters. The zero-order chi connectivity index (χ0) is 18.7. The van der Waals surface area contributed by atoms with Gasteiger partial charge in [-0.1, -0.05) is 41.9 Å². The molecule has 134 valence electrons. The molecule has 1 amide bonds. The van der Waals surface area contributed by atoms with Crippen molar-refractivity contribution in [3.63, 3.8) is 0 Å². The molecule has 6 heteroatoms. The van der Waals surface area contributed by atoms with Crippen LogP contribution in [0.1, 0.15) is 27.3 Å². The predicted molar refractivity (Wildman–Crippen MR) is 103 cm³/mol. The van der Waals surface area contributed by atoms with Crippen LogP contribution in [0.5, 0.6) is 5.75 Å². The zero-order valence-corrected chi connectivity index (χ0v) is 15.7. The Hall–Kier alpha value is -2.79. The summed E-state index contributed by atoms with van der Waals surface area (Å²) in [7, 11) is 1.55. The first-order chi connectivity index (χ1) is 12.5. The molecule has 1 heterocycles. The Labute approximate surface area is 157 Å². The number of nitrogens with one attached hydrogen (secondary N) is 1. The Balaban J connectivity index is 1.86. The maximum Gasteiger partial charge on any atom is 0.259 e. The molecule has 3 aromatic rings. The van der Waals surface area contributed by atoms with E-state index < -0.39 is 0 Å². The Morgan fingerprint density at radius 2 is 1.85 bits per heavy atom. The molecule has 0 aliphatic rings. The van der Waals surface area contributed by atoms with Crippen LogP contribution in [0.4, 0.5) is 5.69 Å². The molecule has 0 aliphatic heterocycles. The van der Waals surface area contributed by atoms with Gasteiger partial charge in [0, 0.05) is 5.02 Å². The molecular formula is C20H20ClN3O2. The Bertz CT molecular complexity index is 950. The summed E-state index contributed by atoms with van der Waals surface area (Å²) >= 11 is 6.25. The average molecular weight is 370 g/mol. The van der Waals surface area contributed by atoms with Gasteiger partial charge in [-0.25, -0.2) is 0 Å². The number of benzene rings is 2. The smallest absolute Gasteiger partial charge is 0.259 e. The van der Waals surface area contributed by atoms with Crippen molar-refractivity contribution >= 4 is 23.2 Å². The van der Waals surface area contributed by atoms with E-state index in [9.17, 15) is 4.79 Å². The number of halogens is 1. The number of nitrogens with zero attached hydrogens (tertiary/aromatic N) is 2. The molecule has 26 heavy (non-hydrogen) atoms. The van der Waals surface area contributed by atoms with Crippen LogP contribution in [0.3, 0.4) is 0 Å². The minimum absolute atomic E-state index is 0.231. The molecule has 1 aromatic heterocycles. The third-order valence-electron chi connectivity index (χ3n) is 4.25. The number of hydrogen-bond acceptors (Lipinski definition) is 3. The van der Waals surface area contributed by atoms with Gasteiger partial charge in [-0.15, -0.1) is 0 Å². The van der Waals surface area contributed by atoms with Gasteiger partial charge in [-0.3, -0.25) is 9.48 Å². The molecular weight excluding hydrogens is 350 g/mol. The van der Waals surface area contributed by atoms with Gasteiger partial charge in [0.1, 0.15) is 5.75 Å². The van der Waals surface area contributed by atoms with E-state index >= 15 is 0 Å². The predicted octanol–water partition coefficient (Wildman–Crippen LogP) is 4.46. The summed E-state index contributed by atoms with van der Waals surface area (Å²) in [6, 6.07) is 14.8. The number of methoxy groups -OCH3 is 1. The SMILES string of the molecule is COc1ccccc1C(=O)Nc1c(C)nn(Cc2ccccc2Cl)c1C. The van der Waals surface area contributed by atoms with Crippen LogP contribution >= 0.6 is 11.6 Å². The van der Waals surface area contributed by atoms with Crippen LogP contribution in [0.15, 0.2) is 48.5 Å². The second-order valence-electron chi connectivity index (χ2n) is 5.95. The summed E-state index contributed by atoms with van der Waals surface area (Å²) in [5.41, 5.74) is 3.77. The second-order valence-corrected chi connectivity index (χ2v) is 6.36. The largest absolute Gasteiger partial charge is 0.496 e. The number of ether oxygens (including phenoxy) is 1. The van der Waals surface area contributed by atoms with E-state index in [1.165, 1.54) is 0 Å². The molecule has 2 aromatic carbocycles. The van der Waals surface area contributed by atoms with E-state index in [1.54, 1.807) is 25.3 Å². The van der Waals surface area contributed by atoms with Crippen LogP contribution in [0, 0.1) is 13.8 Å². The monoisotopic (exact) mass is 369 g/mol. The van der Waals surface area contributed by atoms with Gasteiger partial charge in [0.05, 0.1) is 36.3 Å². The lowest BCUT2D eigenvalue weighted by molar-refractivity contribution is 0.102. The normalized spacial score (nSPS) is 10.6. The van der Waals surface area contributed by atoms with Gasteiger partial charge in [0.15, 0.2) is 0 Å². The van der Waals surface area contributed by atoms with Crippen molar-refractivity contribution in [1.82, 2.24) is 9.78 Å². The summed E-state index contributed by atoms with van der Waals surface area (Å²) in [4.78, 5) is 12.7. The fourth-order valence-corrected chi connectivity index (χ4v) is 3.03. The topological polar surface area (TPSA) is 56.1 Å². The van der Waals surface area contributed by atoms with Gasteiger partial charge >= 0.3 is 0 Å². The van der Waals surface area contributed by atoms with Crippen LogP contribution in [-0.4, -0.2) is 22.8 Å². The summed E-state index contributed by atoms with van der Waals surface area (Å²) in [5, 5.41) is 8.20. The highest BCUT2D eigenvalue weighted by Crippen LogP contribution is 2.25. The molecule has 3 rings (SSSR count). The van der Waals surface area contributed by atoms with Crippen molar-refractivity contribution in [2.75, 3.05) is 12.4 Å². The van der Waals surface area contributed by atoms with E-state index in [1.807, 2.05) is 48.9 Å². The van der Waals surface area contributed by atoms with E-state index in [-0.39, 0.29) is 5.91 Å². The lowest BCUT2D eigenvalue weighted by atomic mass is 10.1. The standard InChI is InChI=1S/C20H20ClN3O2/c1-13-19(22-20(25)16-9-5-7-11-18(16)26-3)14(2)24(23-13)12-15-8-4-6-10-17(15)21/h4-11H,12H2,1-3H3,(H,22,25). The molecule has 0 radical (unpaired) electrons. The molecule has 0 spiro atoms. The van der Waals surface area contributed by atoms with E-state index in [2.05, 4.69) is 10.4 Å². The highest BCUT2D eigenvalue weighted by atomic mass is 35.5. The van der Waals surface area contributed by atoms with Crippen LogP contribution in [0.2, 0.25) is 5.02 Å². The van der Waals surface area contributed by atoms with Crippen molar-refractivity contribution in [3.05, 3.63) is 76.1 Å². The van der Waals surface area contributed by atoms with Gasteiger partial charge in [0.25, 0.3) is 5.91 Å². The Morgan fingerprint density at radius 3 is 2.58 bits per heavy atom. The molecule has 0 unspecified atom stereocenters. The van der Waals surface area contributed by atoms with Crippen LogP contribution < -0.4 is 10.1 Å². The van der Waals surface area contributed by atoms with E-state index in [4.69, 9.17) is 16.3 Å². The molecule has 5 nitrogen and oxygen atoms in total. The van der Waals surface area contributed by atoms with Gasteiger partial charge < -0.3 is 10.1 Å². The minimum Gasteiger partial charge on any atom is -0.496 e. The number of rotatable bonds is 5. The van der Waals surface area contributed by atoms with Crippen molar-refractivity contribution in [3.8, 4) is 5.75 Å². The highest BCUT2D eigenvalue weighted by molar-refractivity contribution is 6.31. The zero-order valence-electron chi connectivity index (χ0n) is 14.9. The summed E-state index contributed by atoms with van der Waals surface area (Å²) in [5.74, 6) is 0.301. The first kappa shape index (κ1) is 18.0. The maximum atomic E-state index is 12.7. The minimum atomic E-state index is -0.231. The summed E-state index contributed by atoms with van der Waals surface area (Å²) in [6.45, 7) is 4.33. The van der Waals surface area contributed by atoms with Gasteiger partial charge in [0.2, 0.25) is 0 Å². The number of carbonyl (C=O) groups excluding carboxylic acids is 1. The number of carbonyl (C=O) groups is 1. The fourth-order valence-electron chi connectivity index (χ4n) is 2.83. The maximum absolute atomic E-state index is 12.7. The van der Waals surface area contributed by atoms with Gasteiger partial charge in [-0.05, 0) is 37.6 Å². The lowest BCUT2D eigenvalue weighted by Crippen LogP contribution is -2.14. The first-order valence-corrected chi connectivity index (χ1v) is 8.61. The number of aryl methyl sites for hydroxylation is 1. The Kier molecular flexibility index (Phi) is 5.28. The first-order valence-electron chi connectivity index (χ1n) is 8.23. The van der Waals surface area contributed by atoms with Crippen LogP contribution in [-0.2, 0) is 6.54 Å². The summed E-state index contributed by atoms with van der Waals surface area (Å²) < 4.78 is 7.11. The third-order valence-corrected chi connectivity index (χ3v) is 4.62. The Morgan fingerprint density at radius 1 is 1.15 bits per heavy atom. The molecule has 0 aliphatic carbocycles. The molecule has 0 saturated carbocycles. The quantitative estimate of drug-likeness (QED) is 0.722. The molecule has 0 fully saturated rings. The van der Waals surface area contributed by atoms with Crippen molar-refractivity contribution in [1.29, 1.82) is 0 Å². The number of aromatic nitrogens is 2.